The van der Waals surface area contributed by atoms with Crippen LogP contribution in [0, 0.1) is 11.6 Å². The van der Waals surface area contributed by atoms with Crippen LogP contribution in [0.5, 0.6) is 0 Å². The highest BCUT2D eigenvalue weighted by molar-refractivity contribution is 7.92. The summed E-state index contributed by atoms with van der Waals surface area (Å²) < 4.78 is 52.0. The molecule has 0 heterocycles. The van der Waals surface area contributed by atoms with Crippen LogP contribution in [0.1, 0.15) is 0 Å². The van der Waals surface area contributed by atoms with Crippen molar-refractivity contribution in [1.29, 1.82) is 0 Å². The molecule has 2 rings (SSSR count). The number of hydrogen-bond acceptors (Lipinski definition) is 2. The van der Waals surface area contributed by atoms with Crippen LogP contribution in [0.25, 0.3) is 0 Å². The quantitative estimate of drug-likeness (QED) is 0.868. The lowest BCUT2D eigenvalue weighted by Crippen LogP contribution is -2.27. The van der Waals surface area contributed by atoms with Crippen molar-refractivity contribution >= 4 is 15.7 Å². The third kappa shape index (κ3) is 2.58. The maximum Gasteiger partial charge on any atom is 0.267 e. The summed E-state index contributed by atoms with van der Waals surface area (Å²) in [6, 6.07) is 10.5. The monoisotopic (exact) mass is 283 g/mol. The first-order chi connectivity index (χ1) is 8.93. The minimum Gasteiger partial charge on any atom is -0.269 e. The molecule has 0 radical (unpaired) electrons. The van der Waals surface area contributed by atoms with Crippen LogP contribution in [0.2, 0.25) is 0 Å². The van der Waals surface area contributed by atoms with E-state index in [4.69, 9.17) is 0 Å². The molecule has 2 aromatic rings. The van der Waals surface area contributed by atoms with Gasteiger partial charge in [-0.15, -0.1) is 0 Å². The molecule has 100 valence electrons. The summed E-state index contributed by atoms with van der Waals surface area (Å²) in [6.07, 6.45) is 0. The number of nitrogens with zero attached hydrogens (tertiary/aromatic N) is 1. The summed E-state index contributed by atoms with van der Waals surface area (Å²) in [7, 11) is -2.84. The van der Waals surface area contributed by atoms with Crippen LogP contribution in [-0.4, -0.2) is 15.5 Å². The van der Waals surface area contributed by atoms with Gasteiger partial charge in [0.25, 0.3) is 10.0 Å². The lowest BCUT2D eigenvalue weighted by molar-refractivity contribution is 0.552. The van der Waals surface area contributed by atoms with Crippen molar-refractivity contribution in [3.05, 3.63) is 60.2 Å². The van der Waals surface area contributed by atoms with Gasteiger partial charge in [-0.05, 0) is 30.3 Å². The van der Waals surface area contributed by atoms with Crippen molar-refractivity contribution in [2.75, 3.05) is 11.4 Å². The number of benzene rings is 2. The van der Waals surface area contributed by atoms with Crippen LogP contribution in [0.15, 0.2) is 53.4 Å². The molecule has 0 saturated carbocycles. The molecule has 0 unspecified atom stereocenters. The summed E-state index contributed by atoms with van der Waals surface area (Å²) in [4.78, 5) is -0.682. The second kappa shape index (κ2) is 4.97. The molecular weight excluding hydrogens is 272 g/mol. The molecule has 0 aliphatic carbocycles. The number of sulfonamides is 1. The molecule has 0 amide bonds. The van der Waals surface area contributed by atoms with E-state index in [-0.39, 0.29) is 0 Å². The molecule has 19 heavy (non-hydrogen) atoms. The van der Waals surface area contributed by atoms with Gasteiger partial charge in [-0.1, -0.05) is 18.2 Å². The maximum atomic E-state index is 13.6. The lowest BCUT2D eigenvalue weighted by Gasteiger charge is -2.19. The average Bonchev–Trinajstić information content (AvgIpc) is 2.41. The molecule has 0 N–H and O–H groups in total. The highest BCUT2D eigenvalue weighted by atomic mass is 32.2. The number of hydrogen-bond donors (Lipinski definition) is 0. The second-order valence-electron chi connectivity index (χ2n) is 3.88. The first-order valence-corrected chi connectivity index (χ1v) is 6.86. The Balaban J connectivity index is 2.51. The molecule has 3 nitrogen and oxygen atoms in total. The summed E-state index contributed by atoms with van der Waals surface area (Å²) in [6.45, 7) is 0. The molecule has 0 aromatic heterocycles. The summed E-state index contributed by atoms with van der Waals surface area (Å²) in [5.41, 5.74) is 0.367. The van der Waals surface area contributed by atoms with E-state index in [1.165, 1.54) is 7.05 Å². The average molecular weight is 283 g/mol. The van der Waals surface area contributed by atoms with E-state index in [2.05, 4.69) is 0 Å². The van der Waals surface area contributed by atoms with Gasteiger partial charge >= 0.3 is 0 Å². The van der Waals surface area contributed by atoms with E-state index in [9.17, 15) is 17.2 Å². The number of rotatable bonds is 3. The molecule has 0 bridgehead atoms. The summed E-state index contributed by atoms with van der Waals surface area (Å²) in [5, 5.41) is 0. The molecule has 0 saturated heterocycles. The Morgan fingerprint density at radius 3 is 2.26 bits per heavy atom. The third-order valence-electron chi connectivity index (χ3n) is 2.65. The number of para-hydroxylation sites is 1. The predicted octanol–water partition coefficient (Wildman–Crippen LogP) is 2.79. The SMILES string of the molecule is CN(c1ccccc1)S(=O)(=O)c1cc(F)ccc1F. The molecule has 2 aromatic carbocycles. The first kappa shape index (κ1) is 13.5. The van der Waals surface area contributed by atoms with Gasteiger partial charge < -0.3 is 0 Å². The van der Waals surface area contributed by atoms with Crippen molar-refractivity contribution in [2.24, 2.45) is 0 Å². The van der Waals surface area contributed by atoms with Crippen LogP contribution < -0.4 is 4.31 Å². The van der Waals surface area contributed by atoms with Crippen molar-refractivity contribution < 1.29 is 17.2 Å². The summed E-state index contributed by atoms with van der Waals surface area (Å²) >= 11 is 0. The minimum absolute atomic E-state index is 0.367. The molecule has 0 spiro atoms. The Labute approximate surface area is 110 Å². The standard InChI is InChI=1S/C13H11F2NO2S/c1-16(11-5-3-2-4-6-11)19(17,18)13-9-10(14)7-8-12(13)15/h2-9H,1H3. The highest BCUT2D eigenvalue weighted by Crippen LogP contribution is 2.24. The van der Waals surface area contributed by atoms with Crippen LogP contribution >= 0.6 is 0 Å². The van der Waals surface area contributed by atoms with Gasteiger partial charge in [-0.3, -0.25) is 4.31 Å². The molecule has 0 fully saturated rings. The fourth-order valence-corrected chi connectivity index (χ4v) is 2.87. The number of anilines is 1. The van der Waals surface area contributed by atoms with E-state index in [1.807, 2.05) is 0 Å². The second-order valence-corrected chi connectivity index (χ2v) is 5.82. The zero-order chi connectivity index (χ0) is 14.0. The Hall–Kier alpha value is -1.95. The van der Waals surface area contributed by atoms with E-state index >= 15 is 0 Å². The lowest BCUT2D eigenvalue weighted by atomic mass is 10.3. The molecular formula is C13H11F2NO2S. The van der Waals surface area contributed by atoms with Crippen LogP contribution in [0.4, 0.5) is 14.5 Å². The van der Waals surface area contributed by atoms with E-state index < -0.39 is 26.6 Å². The third-order valence-corrected chi connectivity index (χ3v) is 4.45. The predicted molar refractivity (Wildman–Crippen MR) is 68.4 cm³/mol. The van der Waals surface area contributed by atoms with Crippen molar-refractivity contribution in [3.63, 3.8) is 0 Å². The van der Waals surface area contributed by atoms with E-state index in [0.717, 1.165) is 16.4 Å². The van der Waals surface area contributed by atoms with Gasteiger partial charge in [-0.25, -0.2) is 17.2 Å². The fraction of sp³-hybridized carbons (Fsp3) is 0.0769. The molecule has 0 atom stereocenters. The van der Waals surface area contributed by atoms with Crippen LogP contribution in [-0.2, 0) is 10.0 Å². The Morgan fingerprint density at radius 2 is 1.63 bits per heavy atom. The van der Waals surface area contributed by atoms with Gasteiger partial charge in [0, 0.05) is 7.05 Å². The van der Waals surface area contributed by atoms with Crippen molar-refractivity contribution in [2.45, 2.75) is 4.90 Å². The largest absolute Gasteiger partial charge is 0.269 e. The minimum atomic E-state index is -4.13. The van der Waals surface area contributed by atoms with Gasteiger partial charge in [0.1, 0.15) is 16.5 Å². The zero-order valence-corrected chi connectivity index (χ0v) is 10.9. The molecule has 0 aliphatic rings. The van der Waals surface area contributed by atoms with Crippen molar-refractivity contribution in [1.82, 2.24) is 0 Å². The Bertz CT molecular complexity index is 687. The highest BCUT2D eigenvalue weighted by Gasteiger charge is 2.25. The van der Waals surface area contributed by atoms with Gasteiger partial charge in [0.2, 0.25) is 0 Å². The van der Waals surface area contributed by atoms with E-state index in [0.29, 0.717) is 11.8 Å². The van der Waals surface area contributed by atoms with E-state index in [1.54, 1.807) is 30.3 Å². The van der Waals surface area contributed by atoms with Crippen LogP contribution in [0.3, 0.4) is 0 Å². The topological polar surface area (TPSA) is 37.4 Å². The zero-order valence-electron chi connectivity index (χ0n) is 10.0. The smallest absolute Gasteiger partial charge is 0.267 e. The molecule has 6 heteroatoms. The van der Waals surface area contributed by atoms with Crippen molar-refractivity contribution in [3.8, 4) is 0 Å². The fourth-order valence-electron chi connectivity index (χ4n) is 1.60. The number of halogens is 2. The van der Waals surface area contributed by atoms with Gasteiger partial charge in [0.15, 0.2) is 0 Å². The van der Waals surface area contributed by atoms with Gasteiger partial charge in [0.05, 0.1) is 5.69 Å². The summed E-state index contributed by atoms with van der Waals surface area (Å²) in [5.74, 6) is -1.79. The normalized spacial score (nSPS) is 11.3. The first-order valence-electron chi connectivity index (χ1n) is 5.42. The molecule has 0 aliphatic heterocycles. The Morgan fingerprint density at radius 1 is 1.00 bits per heavy atom. The maximum absolute atomic E-state index is 13.6. The Kier molecular flexibility index (Phi) is 3.53. The van der Waals surface area contributed by atoms with Gasteiger partial charge in [-0.2, -0.15) is 0 Å².